The number of nitriles is 2. The summed E-state index contributed by atoms with van der Waals surface area (Å²) in [6.07, 6.45) is 2.58. The first-order valence-electron chi connectivity index (χ1n) is 6.14. The second-order valence-corrected chi connectivity index (χ2v) is 3.77. The Kier molecular flexibility index (Phi) is 18.1. The van der Waals surface area contributed by atoms with Crippen molar-refractivity contribution >= 4 is 11.9 Å². The minimum absolute atomic E-state index is 0.431. The molecule has 8 nitrogen and oxygen atoms in total. The van der Waals surface area contributed by atoms with Gasteiger partial charge in [-0.15, -0.1) is 0 Å². The molecule has 0 aromatic rings. The van der Waals surface area contributed by atoms with E-state index in [1.807, 2.05) is 0 Å². The van der Waals surface area contributed by atoms with Crippen LogP contribution in [0.15, 0.2) is 24.3 Å². The Morgan fingerprint density at radius 3 is 1.50 bits per heavy atom. The molecule has 4 N–H and O–H groups in total. The van der Waals surface area contributed by atoms with Crippen LogP contribution in [0.1, 0.15) is 32.6 Å². The van der Waals surface area contributed by atoms with Gasteiger partial charge < -0.3 is 20.4 Å². The van der Waals surface area contributed by atoms with Crippen molar-refractivity contribution in [3.8, 4) is 12.1 Å². The van der Waals surface area contributed by atoms with Gasteiger partial charge in [0.2, 0.25) is 0 Å². The number of carboxylic acid groups (broad SMARTS) is 2. The highest BCUT2D eigenvalue weighted by Crippen LogP contribution is 1.99. The largest absolute Gasteiger partial charge is 0.477 e. The van der Waals surface area contributed by atoms with Crippen LogP contribution < -0.4 is 0 Å². The summed E-state index contributed by atoms with van der Waals surface area (Å²) < 4.78 is 0. The van der Waals surface area contributed by atoms with Crippen molar-refractivity contribution in [3.05, 3.63) is 24.3 Å². The highest BCUT2D eigenvalue weighted by atomic mass is 16.5. The third-order valence-electron chi connectivity index (χ3n) is 1.85. The smallest absolute Gasteiger partial charge is 0.345 e. The summed E-state index contributed by atoms with van der Waals surface area (Å²) in [4.78, 5) is 19.2. The van der Waals surface area contributed by atoms with Crippen molar-refractivity contribution < 1.29 is 30.0 Å². The summed E-state index contributed by atoms with van der Waals surface area (Å²) in [6.45, 7) is 7.91. The predicted molar refractivity (Wildman–Crippen MR) is 77.1 cm³/mol. The molecule has 0 aliphatic heterocycles. The molecule has 0 spiro atoms. The fourth-order valence-corrected chi connectivity index (χ4v) is 0.673. The van der Waals surface area contributed by atoms with Crippen LogP contribution in [0.3, 0.4) is 0 Å². The van der Waals surface area contributed by atoms with Crippen LogP contribution >= 0.6 is 0 Å². The third kappa shape index (κ3) is 22.5. The molecule has 0 atom stereocenters. The van der Waals surface area contributed by atoms with E-state index in [1.54, 1.807) is 0 Å². The average Bonchev–Trinajstić information content (AvgIpc) is 2.46. The number of rotatable bonds is 6. The van der Waals surface area contributed by atoms with Crippen molar-refractivity contribution in [2.24, 2.45) is 0 Å². The molecule has 8 heteroatoms. The van der Waals surface area contributed by atoms with E-state index in [9.17, 15) is 9.59 Å². The van der Waals surface area contributed by atoms with Crippen LogP contribution in [-0.4, -0.2) is 38.7 Å². The van der Waals surface area contributed by atoms with Crippen molar-refractivity contribution in [2.45, 2.75) is 38.9 Å². The molecule has 0 saturated carbocycles. The van der Waals surface area contributed by atoms with E-state index in [4.69, 9.17) is 30.9 Å². The number of unbranched alkanes of at least 4 members (excludes halogenated alkanes) is 2. The van der Waals surface area contributed by atoms with Crippen LogP contribution in [0.2, 0.25) is 0 Å². The van der Waals surface area contributed by atoms with Crippen LogP contribution in [-0.2, 0) is 9.59 Å². The Hall–Kier alpha value is -2.68. The zero-order valence-electron chi connectivity index (χ0n) is 12.3. The van der Waals surface area contributed by atoms with E-state index in [0.717, 1.165) is 19.3 Å². The standard InChI is InChI=1S/C6H14O2.2C4H3NO2/c1-2-3-4-5-6(7)8;2*1-3(2-5)4(6)7/h6-8H,2-5H2,1H3;2*1H2,(H,6,7). The average molecular weight is 312 g/mol. The minimum Gasteiger partial charge on any atom is -0.477 e. The summed E-state index contributed by atoms with van der Waals surface area (Å²) in [6, 6.07) is 2.74. The molecule has 0 saturated heterocycles. The summed E-state index contributed by atoms with van der Waals surface area (Å²) in [5, 5.41) is 47.9. The monoisotopic (exact) mass is 312 g/mol. The van der Waals surface area contributed by atoms with E-state index in [2.05, 4.69) is 20.1 Å². The Bertz CT molecular complexity index is 421. The van der Waals surface area contributed by atoms with E-state index in [1.165, 1.54) is 12.1 Å². The maximum atomic E-state index is 9.61. The first-order chi connectivity index (χ1) is 10.1. The molecule has 0 amide bonds. The predicted octanol–water partition coefficient (Wildman–Crippen LogP) is 1.18. The van der Waals surface area contributed by atoms with E-state index >= 15 is 0 Å². The molecule has 22 heavy (non-hydrogen) atoms. The van der Waals surface area contributed by atoms with Gasteiger partial charge in [0, 0.05) is 0 Å². The van der Waals surface area contributed by atoms with Gasteiger partial charge in [-0.25, -0.2) is 9.59 Å². The highest BCUT2D eigenvalue weighted by molar-refractivity contribution is 5.90. The van der Waals surface area contributed by atoms with Crippen molar-refractivity contribution in [1.82, 2.24) is 0 Å². The molecular formula is C14H20N2O6. The molecule has 0 radical (unpaired) electrons. The lowest BCUT2D eigenvalue weighted by Crippen LogP contribution is -2.02. The highest BCUT2D eigenvalue weighted by Gasteiger charge is 1.98. The second kappa shape index (κ2) is 16.4. The Morgan fingerprint density at radius 1 is 1.00 bits per heavy atom. The molecule has 0 aliphatic carbocycles. The summed E-state index contributed by atoms with van der Waals surface area (Å²) >= 11 is 0. The van der Waals surface area contributed by atoms with Gasteiger partial charge in [-0.2, -0.15) is 10.5 Å². The fourth-order valence-electron chi connectivity index (χ4n) is 0.673. The Morgan fingerprint density at radius 2 is 1.36 bits per heavy atom. The topological polar surface area (TPSA) is 163 Å². The lowest BCUT2D eigenvalue weighted by molar-refractivity contribution is -0.133. The number of hydrogen-bond acceptors (Lipinski definition) is 6. The lowest BCUT2D eigenvalue weighted by atomic mass is 10.2. The lowest BCUT2D eigenvalue weighted by Gasteiger charge is -1.99. The maximum Gasteiger partial charge on any atom is 0.345 e. The number of aliphatic hydroxyl groups excluding tert-OH is 1. The molecule has 0 aromatic carbocycles. The van der Waals surface area contributed by atoms with Crippen molar-refractivity contribution in [2.75, 3.05) is 0 Å². The fraction of sp³-hybridized carbons (Fsp3) is 0.429. The van der Waals surface area contributed by atoms with E-state index in [-0.39, 0.29) is 0 Å². The summed E-state index contributed by atoms with van der Waals surface area (Å²) in [7, 11) is 0. The summed E-state index contributed by atoms with van der Waals surface area (Å²) in [5.74, 6) is -2.52. The summed E-state index contributed by atoms with van der Waals surface area (Å²) in [5.41, 5.74) is -0.861. The third-order valence-corrected chi connectivity index (χ3v) is 1.85. The van der Waals surface area contributed by atoms with E-state index < -0.39 is 29.4 Å². The molecule has 0 bridgehead atoms. The molecule has 0 aromatic heterocycles. The number of carboxylic acids is 2. The molecule has 0 fully saturated rings. The maximum absolute atomic E-state index is 9.61. The van der Waals surface area contributed by atoms with Crippen molar-refractivity contribution in [3.63, 3.8) is 0 Å². The zero-order valence-corrected chi connectivity index (χ0v) is 12.3. The number of carbonyl (C=O) groups is 2. The first kappa shape index (κ1) is 24.3. The quantitative estimate of drug-likeness (QED) is 0.246. The van der Waals surface area contributed by atoms with Gasteiger partial charge in [-0.1, -0.05) is 32.9 Å². The van der Waals surface area contributed by atoms with Gasteiger partial charge in [0.1, 0.15) is 23.3 Å². The van der Waals surface area contributed by atoms with Crippen molar-refractivity contribution in [1.29, 1.82) is 10.5 Å². The van der Waals surface area contributed by atoms with Crippen LogP contribution in [0.5, 0.6) is 0 Å². The number of aliphatic hydroxyl groups is 2. The molecule has 0 rings (SSSR count). The molecule has 122 valence electrons. The normalized spacial score (nSPS) is 8.09. The Balaban J connectivity index is -0.000000247. The Labute approximate surface area is 128 Å². The van der Waals surface area contributed by atoms with Gasteiger partial charge in [-0.3, -0.25) is 0 Å². The SMILES string of the molecule is C=C(C#N)C(=O)O.C=C(C#N)C(=O)O.CCCCCC(O)O. The van der Waals surface area contributed by atoms with Gasteiger partial charge in [-0.05, 0) is 12.8 Å². The van der Waals surface area contributed by atoms with Gasteiger partial charge in [0.25, 0.3) is 0 Å². The van der Waals surface area contributed by atoms with E-state index in [0.29, 0.717) is 6.42 Å². The molecule has 0 aliphatic rings. The van der Waals surface area contributed by atoms with Gasteiger partial charge >= 0.3 is 11.9 Å². The number of aliphatic carboxylic acids is 2. The minimum atomic E-state index is -1.26. The number of hydrogen-bond donors (Lipinski definition) is 4. The second-order valence-electron chi connectivity index (χ2n) is 3.77. The molecular weight excluding hydrogens is 292 g/mol. The number of nitrogens with zero attached hydrogens (tertiary/aromatic N) is 2. The molecule has 0 heterocycles. The van der Waals surface area contributed by atoms with Gasteiger partial charge in [0.15, 0.2) is 6.29 Å². The first-order valence-corrected chi connectivity index (χ1v) is 6.14. The zero-order chi connectivity index (χ0) is 18.1. The van der Waals surface area contributed by atoms with Crippen LogP contribution in [0.25, 0.3) is 0 Å². The molecule has 0 unspecified atom stereocenters. The van der Waals surface area contributed by atoms with Crippen LogP contribution in [0.4, 0.5) is 0 Å². The van der Waals surface area contributed by atoms with Gasteiger partial charge in [0.05, 0.1) is 0 Å². The van der Waals surface area contributed by atoms with Crippen LogP contribution in [0, 0.1) is 22.7 Å².